The van der Waals surface area contributed by atoms with Gasteiger partial charge < -0.3 is 20.3 Å². The Balaban J connectivity index is 1.24. The molecule has 0 radical (unpaired) electrons. The Bertz CT molecular complexity index is 1580. The second kappa shape index (κ2) is 11.6. The number of fused-ring (bicyclic) bond motifs is 3. The van der Waals surface area contributed by atoms with Gasteiger partial charge in [-0.15, -0.1) is 0 Å². The first-order chi connectivity index (χ1) is 20.5. The lowest BCUT2D eigenvalue weighted by Gasteiger charge is -2.61. The first kappa shape index (κ1) is 29.6. The fourth-order valence-electron chi connectivity index (χ4n) is 7.66. The number of piperazine rings is 1. The first-order valence-electron chi connectivity index (χ1n) is 15.7. The number of methoxy groups -OCH3 is 1. The minimum Gasteiger partial charge on any atom is -0.497 e. The average Bonchev–Trinajstić information content (AvgIpc) is 2.98. The summed E-state index contributed by atoms with van der Waals surface area (Å²) in [6.45, 7) is 14.0. The maximum absolute atomic E-state index is 14.6. The fraction of sp³-hybridized carbons (Fsp3) is 0.559. The zero-order chi connectivity index (χ0) is 30.5. The Morgan fingerprint density at radius 1 is 1.23 bits per heavy atom. The Kier molecular flexibility index (Phi) is 7.96. The van der Waals surface area contributed by atoms with Crippen LogP contribution in [0.5, 0.6) is 5.75 Å². The lowest BCUT2D eigenvalue weighted by molar-refractivity contribution is -0.108. The average molecular weight is 589 g/mol. The molecule has 0 amide bonds. The molecule has 6 atom stereocenters. The van der Waals surface area contributed by atoms with Crippen LogP contribution in [0.2, 0.25) is 0 Å². The number of anilines is 1. The molecule has 2 aromatic carbocycles. The maximum Gasteiger partial charge on any atom is 0.261 e. The summed E-state index contributed by atoms with van der Waals surface area (Å²) in [4.78, 5) is 25.9. The van der Waals surface area contributed by atoms with Gasteiger partial charge in [-0.3, -0.25) is 9.36 Å². The van der Waals surface area contributed by atoms with Crippen LogP contribution in [0.25, 0.3) is 10.9 Å². The van der Waals surface area contributed by atoms with Crippen LogP contribution in [-0.4, -0.2) is 59.2 Å². The number of halogens is 1. The predicted octanol–water partition coefficient (Wildman–Crippen LogP) is 5.48. The third kappa shape index (κ3) is 5.64. The van der Waals surface area contributed by atoms with Crippen LogP contribution in [0.3, 0.4) is 0 Å². The molecule has 230 valence electrons. The molecule has 2 N–H and O–H groups in total. The fourth-order valence-corrected chi connectivity index (χ4v) is 7.66. The van der Waals surface area contributed by atoms with Crippen molar-refractivity contribution in [3.05, 3.63) is 64.5 Å². The molecule has 43 heavy (non-hydrogen) atoms. The van der Waals surface area contributed by atoms with Crippen LogP contribution in [-0.2, 0) is 6.42 Å². The van der Waals surface area contributed by atoms with Crippen LogP contribution >= 0.6 is 0 Å². The molecule has 2 bridgehead atoms. The zero-order valence-corrected chi connectivity index (χ0v) is 26.2. The molecule has 8 nitrogen and oxygen atoms in total. The molecule has 9 heteroatoms. The first-order valence-corrected chi connectivity index (χ1v) is 15.7. The highest BCUT2D eigenvalue weighted by molar-refractivity contribution is 5.96. The van der Waals surface area contributed by atoms with Crippen LogP contribution in [0.1, 0.15) is 59.1 Å². The van der Waals surface area contributed by atoms with E-state index in [4.69, 9.17) is 9.73 Å². The highest BCUT2D eigenvalue weighted by Crippen LogP contribution is 2.61. The van der Waals surface area contributed by atoms with Gasteiger partial charge in [0.2, 0.25) is 0 Å². The summed E-state index contributed by atoms with van der Waals surface area (Å²) in [5, 5.41) is 7.71. The van der Waals surface area contributed by atoms with Crippen molar-refractivity contribution in [3.8, 4) is 5.75 Å². The monoisotopic (exact) mass is 588 g/mol. The molecular formula is C34H45FN6O2. The number of hydrogen-bond acceptors (Lipinski definition) is 5. The lowest BCUT2D eigenvalue weighted by Crippen LogP contribution is -2.57. The molecule has 4 aliphatic rings. The minimum atomic E-state index is -0.344. The van der Waals surface area contributed by atoms with E-state index >= 15 is 0 Å². The predicted molar refractivity (Wildman–Crippen MR) is 170 cm³/mol. The van der Waals surface area contributed by atoms with E-state index in [0.29, 0.717) is 52.1 Å². The molecule has 3 saturated carbocycles. The molecular weight excluding hydrogens is 543 g/mol. The molecule has 0 spiro atoms. The van der Waals surface area contributed by atoms with Gasteiger partial charge in [0.05, 0.1) is 30.4 Å². The third-order valence-corrected chi connectivity index (χ3v) is 10.6. The number of rotatable bonds is 6. The number of aromatic nitrogens is 2. The van der Waals surface area contributed by atoms with Gasteiger partial charge in [-0.1, -0.05) is 26.8 Å². The van der Waals surface area contributed by atoms with Gasteiger partial charge in [0.25, 0.3) is 5.56 Å². The Hall–Kier alpha value is -3.46. The summed E-state index contributed by atoms with van der Waals surface area (Å²) in [6.07, 6.45) is 4.40. The van der Waals surface area contributed by atoms with E-state index in [9.17, 15) is 9.18 Å². The van der Waals surface area contributed by atoms with E-state index in [2.05, 4.69) is 48.2 Å². The van der Waals surface area contributed by atoms with Gasteiger partial charge in [0.1, 0.15) is 11.6 Å². The summed E-state index contributed by atoms with van der Waals surface area (Å²) >= 11 is 0. The van der Waals surface area contributed by atoms with Crippen LogP contribution in [0.15, 0.2) is 52.5 Å². The highest BCUT2D eigenvalue weighted by Gasteiger charge is 2.56. The maximum atomic E-state index is 14.6. The zero-order valence-electron chi connectivity index (χ0n) is 26.2. The minimum absolute atomic E-state index is 0.138. The van der Waals surface area contributed by atoms with Gasteiger partial charge in [0, 0.05) is 43.5 Å². The summed E-state index contributed by atoms with van der Waals surface area (Å²) < 4.78 is 21.3. The second-order valence-electron chi connectivity index (χ2n) is 13.6. The van der Waals surface area contributed by atoms with E-state index in [1.165, 1.54) is 19.6 Å². The van der Waals surface area contributed by atoms with E-state index < -0.39 is 0 Å². The number of benzene rings is 2. The summed E-state index contributed by atoms with van der Waals surface area (Å²) in [7, 11) is 1.51. The molecule has 3 aliphatic carbocycles. The van der Waals surface area contributed by atoms with E-state index in [1.807, 2.05) is 25.1 Å². The Morgan fingerprint density at radius 2 is 2.05 bits per heavy atom. The van der Waals surface area contributed by atoms with Gasteiger partial charge in [-0.25, -0.2) is 14.4 Å². The summed E-state index contributed by atoms with van der Waals surface area (Å²) in [6, 6.07) is 10.9. The number of ether oxygens (including phenoxy) is 1. The quantitative estimate of drug-likeness (QED) is 0.293. The van der Waals surface area contributed by atoms with Crippen molar-refractivity contribution < 1.29 is 9.13 Å². The second-order valence-corrected chi connectivity index (χ2v) is 13.6. The van der Waals surface area contributed by atoms with E-state index in [1.54, 1.807) is 23.0 Å². The largest absolute Gasteiger partial charge is 0.497 e. The normalized spacial score (nSPS) is 27.5. The number of hydrogen-bond donors (Lipinski definition) is 2. The van der Waals surface area contributed by atoms with Crippen LogP contribution in [0.4, 0.5) is 10.1 Å². The van der Waals surface area contributed by atoms with Crippen LogP contribution < -0.4 is 20.9 Å². The van der Waals surface area contributed by atoms with E-state index in [0.717, 1.165) is 49.5 Å². The summed E-state index contributed by atoms with van der Waals surface area (Å²) in [5.41, 5.74) is 2.29. The number of aliphatic imine (C=N–C) groups is 1. The number of guanidine groups is 1. The van der Waals surface area contributed by atoms with Crippen LogP contribution in [0, 0.1) is 29.0 Å². The smallest absolute Gasteiger partial charge is 0.261 e. The Morgan fingerprint density at radius 3 is 2.74 bits per heavy atom. The van der Waals surface area contributed by atoms with Crippen molar-refractivity contribution in [2.24, 2.45) is 28.2 Å². The van der Waals surface area contributed by atoms with Gasteiger partial charge >= 0.3 is 0 Å². The molecule has 2 heterocycles. The Labute approximate surface area is 253 Å². The van der Waals surface area contributed by atoms with Crippen molar-refractivity contribution in [1.29, 1.82) is 0 Å². The highest BCUT2D eigenvalue weighted by atomic mass is 19.1. The summed E-state index contributed by atoms with van der Waals surface area (Å²) in [5.74, 6) is 3.04. The molecule has 7 rings (SSSR count). The third-order valence-electron chi connectivity index (χ3n) is 10.6. The molecule has 1 aromatic heterocycles. The molecule has 0 unspecified atom stereocenters. The lowest BCUT2D eigenvalue weighted by atomic mass is 9.45. The molecule has 1 aliphatic heterocycles. The number of nitrogens with one attached hydrogen (secondary N) is 2. The van der Waals surface area contributed by atoms with Gasteiger partial charge in [0.15, 0.2) is 5.96 Å². The van der Waals surface area contributed by atoms with E-state index in [-0.39, 0.29) is 17.4 Å². The van der Waals surface area contributed by atoms with Crippen molar-refractivity contribution >= 4 is 22.5 Å². The van der Waals surface area contributed by atoms with Crippen molar-refractivity contribution in [3.63, 3.8) is 0 Å². The van der Waals surface area contributed by atoms with Crippen molar-refractivity contribution in [2.75, 3.05) is 32.1 Å². The van der Waals surface area contributed by atoms with Crippen molar-refractivity contribution in [1.82, 2.24) is 19.8 Å². The van der Waals surface area contributed by atoms with Gasteiger partial charge in [-0.2, -0.15) is 0 Å². The topological polar surface area (TPSA) is 83.8 Å². The van der Waals surface area contributed by atoms with Gasteiger partial charge in [-0.05, 0) is 86.1 Å². The SMILES string of the molecule is COc1ccc(C[C@@H](C)n2cnc3cc(NC(=N[C@H]4C[C@H]5C[C@H]([C@@H]4C)C5(C)C)N4CCN[C@@H](C)C4)ccc3c2=O)c(F)c1. The molecule has 1 saturated heterocycles. The standard InChI is InChI=1S/C34H45FN6O2/c1-20-18-40(12-11-36-20)33(39-30-15-24-14-28(22(30)3)34(24,4)5)38-25-8-10-27-31(16-25)37-19-41(32(27)42)21(2)13-23-7-9-26(43-6)17-29(23)35/h7-10,16-17,19-22,24,28,30,36H,11-15,18H2,1-6H3,(H,38,39)/t20-,21+,22-,24+,28+,30-/m0/s1. The molecule has 3 aromatic rings. The number of nitrogens with zero attached hydrogens (tertiary/aromatic N) is 4. The van der Waals surface area contributed by atoms with Crippen molar-refractivity contribution in [2.45, 2.75) is 72.0 Å². The molecule has 4 fully saturated rings.